The van der Waals surface area contributed by atoms with Crippen molar-refractivity contribution in [2.24, 2.45) is 5.73 Å². The van der Waals surface area contributed by atoms with Crippen LogP contribution in [0.15, 0.2) is 18.2 Å². The van der Waals surface area contributed by atoms with Crippen molar-refractivity contribution in [1.29, 1.82) is 0 Å². The van der Waals surface area contributed by atoms with E-state index in [1.807, 2.05) is 0 Å². The van der Waals surface area contributed by atoms with Crippen molar-refractivity contribution >= 4 is 9.84 Å². The first kappa shape index (κ1) is 13.8. The molecule has 0 spiro atoms. The molecule has 0 amide bonds. The highest BCUT2D eigenvalue weighted by atomic mass is 32.2. The van der Waals surface area contributed by atoms with Crippen molar-refractivity contribution in [3.63, 3.8) is 0 Å². The summed E-state index contributed by atoms with van der Waals surface area (Å²) in [6.45, 7) is 0. The number of hydrogen-bond acceptors (Lipinski definition) is 5. The zero-order chi connectivity index (χ0) is 13.1. The SMILES string of the molecule is COc1ccc(C(N)CS(C)(=O)=O)cc1OC. The molecule has 0 bridgehead atoms. The molecule has 0 aliphatic rings. The Kier molecular flexibility index (Phi) is 4.36. The van der Waals surface area contributed by atoms with E-state index in [0.29, 0.717) is 17.1 Å². The van der Waals surface area contributed by atoms with Gasteiger partial charge in [0.05, 0.1) is 20.0 Å². The highest BCUT2D eigenvalue weighted by Gasteiger charge is 2.15. The van der Waals surface area contributed by atoms with Crippen LogP contribution in [0.5, 0.6) is 11.5 Å². The normalized spacial score (nSPS) is 13.2. The van der Waals surface area contributed by atoms with E-state index in [1.165, 1.54) is 14.2 Å². The molecule has 1 atom stereocenters. The highest BCUT2D eigenvalue weighted by molar-refractivity contribution is 7.90. The Morgan fingerprint density at radius 1 is 1.24 bits per heavy atom. The van der Waals surface area contributed by atoms with Crippen LogP contribution in [0.25, 0.3) is 0 Å². The lowest BCUT2D eigenvalue weighted by Crippen LogP contribution is -2.20. The Labute approximate surface area is 101 Å². The van der Waals surface area contributed by atoms with Gasteiger partial charge in [0.2, 0.25) is 0 Å². The third kappa shape index (κ3) is 3.90. The van der Waals surface area contributed by atoms with Crippen LogP contribution in [-0.4, -0.2) is 34.6 Å². The summed E-state index contributed by atoms with van der Waals surface area (Å²) in [5.41, 5.74) is 6.52. The third-order valence-corrected chi connectivity index (χ3v) is 3.28. The summed E-state index contributed by atoms with van der Waals surface area (Å²) in [5.74, 6) is 1.03. The lowest BCUT2D eigenvalue weighted by atomic mass is 10.1. The van der Waals surface area contributed by atoms with Crippen LogP contribution >= 0.6 is 0 Å². The number of hydrogen-bond donors (Lipinski definition) is 1. The van der Waals surface area contributed by atoms with Crippen molar-refractivity contribution in [2.45, 2.75) is 6.04 Å². The van der Waals surface area contributed by atoms with Crippen LogP contribution in [0.1, 0.15) is 11.6 Å². The van der Waals surface area contributed by atoms with E-state index >= 15 is 0 Å². The third-order valence-electron chi connectivity index (χ3n) is 2.32. The summed E-state index contributed by atoms with van der Waals surface area (Å²) < 4.78 is 32.5. The van der Waals surface area contributed by atoms with Crippen molar-refractivity contribution < 1.29 is 17.9 Å². The molecular formula is C11H17NO4S. The Morgan fingerprint density at radius 2 is 1.82 bits per heavy atom. The lowest BCUT2D eigenvalue weighted by molar-refractivity contribution is 0.354. The maximum Gasteiger partial charge on any atom is 0.161 e. The molecule has 17 heavy (non-hydrogen) atoms. The lowest BCUT2D eigenvalue weighted by Gasteiger charge is -2.14. The van der Waals surface area contributed by atoms with E-state index < -0.39 is 15.9 Å². The van der Waals surface area contributed by atoms with E-state index in [0.717, 1.165) is 6.26 Å². The Morgan fingerprint density at radius 3 is 2.29 bits per heavy atom. The summed E-state index contributed by atoms with van der Waals surface area (Å²) in [6, 6.07) is 4.56. The smallest absolute Gasteiger partial charge is 0.161 e. The molecular weight excluding hydrogens is 242 g/mol. The van der Waals surface area contributed by atoms with E-state index in [1.54, 1.807) is 18.2 Å². The van der Waals surface area contributed by atoms with E-state index in [2.05, 4.69) is 0 Å². The number of nitrogens with two attached hydrogens (primary N) is 1. The van der Waals surface area contributed by atoms with Gasteiger partial charge in [-0.25, -0.2) is 8.42 Å². The van der Waals surface area contributed by atoms with Gasteiger partial charge in [0.15, 0.2) is 11.5 Å². The zero-order valence-electron chi connectivity index (χ0n) is 10.1. The molecule has 1 rings (SSSR count). The Bertz CT molecular complexity index is 484. The fourth-order valence-corrected chi connectivity index (χ4v) is 2.35. The minimum atomic E-state index is -3.10. The first-order chi connectivity index (χ1) is 7.87. The van der Waals surface area contributed by atoms with Gasteiger partial charge in [-0.2, -0.15) is 0 Å². The van der Waals surface area contributed by atoms with Crippen LogP contribution in [0.2, 0.25) is 0 Å². The molecule has 0 aromatic heterocycles. The Balaban J connectivity index is 2.99. The number of benzene rings is 1. The predicted octanol–water partition coefficient (Wildman–Crippen LogP) is 0.748. The van der Waals surface area contributed by atoms with Gasteiger partial charge in [0.1, 0.15) is 9.84 Å². The molecule has 0 aliphatic heterocycles. The van der Waals surface area contributed by atoms with Gasteiger partial charge in [-0.05, 0) is 17.7 Å². The van der Waals surface area contributed by atoms with Crippen molar-refractivity contribution in [3.8, 4) is 11.5 Å². The van der Waals surface area contributed by atoms with Gasteiger partial charge in [0.25, 0.3) is 0 Å². The molecule has 0 heterocycles. The van der Waals surface area contributed by atoms with Gasteiger partial charge in [-0.3, -0.25) is 0 Å². The summed E-state index contributed by atoms with van der Waals surface area (Å²) in [6.07, 6.45) is 1.16. The summed E-state index contributed by atoms with van der Waals surface area (Å²) in [5, 5.41) is 0. The van der Waals surface area contributed by atoms with Crippen LogP contribution in [0.3, 0.4) is 0 Å². The minimum absolute atomic E-state index is 0.0948. The molecule has 0 saturated carbocycles. The second-order valence-corrected chi connectivity index (χ2v) is 6.00. The molecule has 96 valence electrons. The fraction of sp³-hybridized carbons (Fsp3) is 0.455. The molecule has 1 aromatic rings. The average Bonchev–Trinajstić information content (AvgIpc) is 2.25. The molecule has 1 aromatic carbocycles. The molecule has 0 aliphatic carbocycles. The maximum absolute atomic E-state index is 11.2. The number of ether oxygens (including phenoxy) is 2. The summed E-state index contributed by atoms with van der Waals surface area (Å²) >= 11 is 0. The van der Waals surface area contributed by atoms with Gasteiger partial charge in [-0.1, -0.05) is 6.07 Å². The molecule has 1 unspecified atom stereocenters. The van der Waals surface area contributed by atoms with E-state index in [4.69, 9.17) is 15.2 Å². The monoisotopic (exact) mass is 259 g/mol. The first-order valence-corrected chi connectivity index (χ1v) is 7.08. The summed E-state index contributed by atoms with van der Waals surface area (Å²) in [7, 11) is -0.0506. The molecule has 0 fully saturated rings. The number of methoxy groups -OCH3 is 2. The van der Waals surface area contributed by atoms with Crippen LogP contribution in [-0.2, 0) is 9.84 Å². The zero-order valence-corrected chi connectivity index (χ0v) is 11.0. The maximum atomic E-state index is 11.2. The second kappa shape index (κ2) is 5.37. The Hall–Kier alpha value is -1.27. The van der Waals surface area contributed by atoms with Gasteiger partial charge in [-0.15, -0.1) is 0 Å². The van der Waals surface area contributed by atoms with Crippen molar-refractivity contribution in [1.82, 2.24) is 0 Å². The number of sulfone groups is 1. The standard InChI is InChI=1S/C11H17NO4S/c1-15-10-5-4-8(6-11(10)16-2)9(12)7-17(3,13)14/h4-6,9H,7,12H2,1-3H3. The van der Waals surface area contributed by atoms with Crippen LogP contribution < -0.4 is 15.2 Å². The van der Waals surface area contributed by atoms with Gasteiger partial charge < -0.3 is 15.2 Å². The largest absolute Gasteiger partial charge is 0.493 e. The van der Waals surface area contributed by atoms with Crippen LogP contribution in [0, 0.1) is 0 Å². The summed E-state index contributed by atoms with van der Waals surface area (Å²) in [4.78, 5) is 0. The predicted molar refractivity (Wildman–Crippen MR) is 66.2 cm³/mol. The fourth-order valence-electron chi connectivity index (χ4n) is 1.51. The topological polar surface area (TPSA) is 78.6 Å². The molecule has 0 saturated heterocycles. The molecule has 5 nitrogen and oxygen atoms in total. The molecule has 2 N–H and O–H groups in total. The van der Waals surface area contributed by atoms with Gasteiger partial charge in [0, 0.05) is 12.3 Å². The highest BCUT2D eigenvalue weighted by Crippen LogP contribution is 2.29. The average molecular weight is 259 g/mol. The van der Waals surface area contributed by atoms with E-state index in [9.17, 15) is 8.42 Å². The molecule has 0 radical (unpaired) electrons. The first-order valence-electron chi connectivity index (χ1n) is 5.02. The van der Waals surface area contributed by atoms with Crippen LogP contribution in [0.4, 0.5) is 0 Å². The molecule has 6 heteroatoms. The van der Waals surface area contributed by atoms with Crippen molar-refractivity contribution in [2.75, 3.05) is 26.2 Å². The number of rotatable bonds is 5. The van der Waals surface area contributed by atoms with E-state index in [-0.39, 0.29) is 5.75 Å². The van der Waals surface area contributed by atoms with Crippen molar-refractivity contribution in [3.05, 3.63) is 23.8 Å². The van der Waals surface area contributed by atoms with Gasteiger partial charge >= 0.3 is 0 Å². The quantitative estimate of drug-likeness (QED) is 0.844. The minimum Gasteiger partial charge on any atom is -0.493 e. The second-order valence-electron chi connectivity index (χ2n) is 3.81.